The van der Waals surface area contributed by atoms with Gasteiger partial charge in [0, 0.05) is 16.6 Å². The number of amides is 2. The van der Waals surface area contributed by atoms with E-state index in [0.29, 0.717) is 5.69 Å². The van der Waals surface area contributed by atoms with Gasteiger partial charge in [0.1, 0.15) is 10.7 Å². The summed E-state index contributed by atoms with van der Waals surface area (Å²) in [5.41, 5.74) is 5.31. The molecule has 0 aliphatic carbocycles. The molecule has 2 N–H and O–H groups in total. The number of nitrogens with one attached hydrogen (secondary N) is 2. The molecule has 144 valence electrons. The SMILES string of the molecule is CCc1ccc(-c2nc(C(=O)NCC(=O)Nc3c(C)cccc3C)cs2)cc1. The minimum Gasteiger partial charge on any atom is -0.342 e. The molecule has 0 atom stereocenters. The van der Waals surface area contributed by atoms with Crippen molar-refractivity contribution in [2.45, 2.75) is 27.2 Å². The van der Waals surface area contributed by atoms with Crippen LogP contribution in [0.2, 0.25) is 0 Å². The fraction of sp³-hybridized carbons (Fsp3) is 0.227. The van der Waals surface area contributed by atoms with Crippen LogP contribution < -0.4 is 10.6 Å². The van der Waals surface area contributed by atoms with Gasteiger partial charge in [-0.1, -0.05) is 49.4 Å². The summed E-state index contributed by atoms with van der Waals surface area (Å²) in [6.45, 7) is 5.87. The Balaban J connectivity index is 1.59. The number of rotatable bonds is 6. The van der Waals surface area contributed by atoms with Gasteiger partial charge in [-0.25, -0.2) is 4.98 Å². The highest BCUT2D eigenvalue weighted by Gasteiger charge is 2.14. The van der Waals surface area contributed by atoms with Gasteiger partial charge in [-0.3, -0.25) is 9.59 Å². The molecular formula is C22H23N3O2S. The Morgan fingerprint density at radius 1 is 1.04 bits per heavy atom. The molecule has 5 nitrogen and oxygen atoms in total. The van der Waals surface area contributed by atoms with Crippen LogP contribution in [0.4, 0.5) is 5.69 Å². The lowest BCUT2D eigenvalue weighted by Crippen LogP contribution is -2.33. The Labute approximate surface area is 168 Å². The molecule has 6 heteroatoms. The normalized spacial score (nSPS) is 10.5. The van der Waals surface area contributed by atoms with Crippen molar-refractivity contribution in [3.05, 3.63) is 70.2 Å². The predicted octanol–water partition coefficient (Wildman–Crippen LogP) is 4.36. The Morgan fingerprint density at radius 3 is 2.36 bits per heavy atom. The van der Waals surface area contributed by atoms with Gasteiger partial charge in [-0.15, -0.1) is 11.3 Å². The molecule has 3 aromatic rings. The van der Waals surface area contributed by atoms with Gasteiger partial charge in [0.05, 0.1) is 6.54 Å². The van der Waals surface area contributed by atoms with E-state index in [1.165, 1.54) is 16.9 Å². The molecule has 0 spiro atoms. The van der Waals surface area contributed by atoms with Crippen molar-refractivity contribution >= 4 is 28.8 Å². The Hall–Kier alpha value is -2.99. The molecular weight excluding hydrogens is 370 g/mol. The van der Waals surface area contributed by atoms with Gasteiger partial charge >= 0.3 is 0 Å². The lowest BCUT2D eigenvalue weighted by atomic mass is 10.1. The quantitative estimate of drug-likeness (QED) is 0.654. The molecule has 1 aromatic heterocycles. The first kappa shape index (κ1) is 19.8. The number of hydrogen-bond donors (Lipinski definition) is 2. The highest BCUT2D eigenvalue weighted by molar-refractivity contribution is 7.13. The van der Waals surface area contributed by atoms with Gasteiger partial charge < -0.3 is 10.6 Å². The minimum absolute atomic E-state index is 0.106. The molecule has 0 bridgehead atoms. The van der Waals surface area contributed by atoms with Crippen LogP contribution >= 0.6 is 11.3 Å². The van der Waals surface area contributed by atoms with Crippen molar-refractivity contribution in [1.29, 1.82) is 0 Å². The number of aromatic nitrogens is 1. The predicted molar refractivity (Wildman–Crippen MR) is 114 cm³/mol. The third-order valence-electron chi connectivity index (χ3n) is 4.50. The Morgan fingerprint density at radius 2 is 1.71 bits per heavy atom. The summed E-state index contributed by atoms with van der Waals surface area (Å²) < 4.78 is 0. The third kappa shape index (κ3) is 4.64. The number of aryl methyl sites for hydroxylation is 3. The fourth-order valence-corrected chi connectivity index (χ4v) is 3.65. The van der Waals surface area contributed by atoms with E-state index in [2.05, 4.69) is 34.7 Å². The van der Waals surface area contributed by atoms with Gasteiger partial charge in [0.2, 0.25) is 5.91 Å². The summed E-state index contributed by atoms with van der Waals surface area (Å²) in [4.78, 5) is 28.9. The first-order valence-electron chi connectivity index (χ1n) is 9.17. The smallest absolute Gasteiger partial charge is 0.271 e. The molecule has 2 amide bonds. The van der Waals surface area contributed by atoms with E-state index in [1.54, 1.807) is 5.38 Å². The molecule has 0 radical (unpaired) electrons. The van der Waals surface area contributed by atoms with Crippen molar-refractivity contribution in [3.63, 3.8) is 0 Å². The maximum Gasteiger partial charge on any atom is 0.271 e. The first-order chi connectivity index (χ1) is 13.5. The molecule has 0 saturated heterocycles. The van der Waals surface area contributed by atoms with E-state index in [-0.39, 0.29) is 18.4 Å². The molecule has 0 aliphatic heterocycles. The zero-order chi connectivity index (χ0) is 20.1. The van der Waals surface area contributed by atoms with Crippen molar-refractivity contribution in [3.8, 4) is 10.6 Å². The lowest BCUT2D eigenvalue weighted by molar-refractivity contribution is -0.115. The second-order valence-electron chi connectivity index (χ2n) is 6.59. The van der Waals surface area contributed by atoms with Crippen LogP contribution in [-0.2, 0) is 11.2 Å². The van der Waals surface area contributed by atoms with E-state index in [1.807, 2.05) is 44.2 Å². The van der Waals surface area contributed by atoms with Crippen LogP contribution in [0.3, 0.4) is 0 Å². The lowest BCUT2D eigenvalue weighted by Gasteiger charge is -2.11. The van der Waals surface area contributed by atoms with Gasteiger partial charge in [-0.05, 0) is 37.0 Å². The number of hydrogen-bond acceptors (Lipinski definition) is 4. The maximum absolute atomic E-state index is 12.3. The second-order valence-corrected chi connectivity index (χ2v) is 7.44. The number of carbonyl (C=O) groups excluding carboxylic acids is 2. The number of benzene rings is 2. The van der Waals surface area contributed by atoms with Crippen LogP contribution in [0.25, 0.3) is 10.6 Å². The van der Waals surface area contributed by atoms with Crippen molar-refractivity contribution < 1.29 is 9.59 Å². The van der Waals surface area contributed by atoms with Gasteiger partial charge in [-0.2, -0.15) is 0 Å². The fourth-order valence-electron chi connectivity index (χ4n) is 2.84. The highest BCUT2D eigenvalue weighted by Crippen LogP contribution is 2.24. The van der Waals surface area contributed by atoms with Crippen LogP contribution in [0.15, 0.2) is 47.8 Å². The molecule has 1 heterocycles. The summed E-state index contributed by atoms with van der Waals surface area (Å²) in [5, 5.41) is 7.98. The summed E-state index contributed by atoms with van der Waals surface area (Å²) in [5.74, 6) is -0.624. The van der Waals surface area contributed by atoms with Crippen LogP contribution in [0, 0.1) is 13.8 Å². The zero-order valence-electron chi connectivity index (χ0n) is 16.2. The average Bonchev–Trinajstić information content (AvgIpc) is 3.19. The standard InChI is InChI=1S/C22H23N3O2S/c1-4-16-8-10-17(11-9-16)22-24-18(13-28-22)21(27)23-12-19(26)25-20-14(2)6-5-7-15(20)3/h5-11,13H,4,12H2,1-3H3,(H,23,27)(H,25,26). The second kappa shape index (κ2) is 8.80. The Bertz CT molecular complexity index is 973. The summed E-state index contributed by atoms with van der Waals surface area (Å²) in [6, 6.07) is 14.0. The maximum atomic E-state index is 12.3. The van der Waals surface area contributed by atoms with Crippen LogP contribution in [0.1, 0.15) is 34.1 Å². The van der Waals surface area contributed by atoms with Crippen molar-refractivity contribution in [2.75, 3.05) is 11.9 Å². The van der Waals surface area contributed by atoms with E-state index in [9.17, 15) is 9.59 Å². The van der Waals surface area contributed by atoms with E-state index in [4.69, 9.17) is 0 Å². The van der Waals surface area contributed by atoms with Crippen LogP contribution in [-0.4, -0.2) is 23.3 Å². The molecule has 3 rings (SSSR count). The van der Waals surface area contributed by atoms with Gasteiger partial charge in [0.15, 0.2) is 0 Å². The van der Waals surface area contributed by atoms with E-state index >= 15 is 0 Å². The van der Waals surface area contributed by atoms with Crippen molar-refractivity contribution in [1.82, 2.24) is 10.3 Å². The number of para-hydroxylation sites is 1. The first-order valence-corrected chi connectivity index (χ1v) is 10.0. The molecule has 28 heavy (non-hydrogen) atoms. The molecule has 2 aromatic carbocycles. The average molecular weight is 394 g/mol. The van der Waals surface area contributed by atoms with Gasteiger partial charge in [0.25, 0.3) is 5.91 Å². The number of nitrogens with zero attached hydrogens (tertiary/aromatic N) is 1. The Kier molecular flexibility index (Phi) is 6.21. The zero-order valence-corrected chi connectivity index (χ0v) is 17.0. The highest BCUT2D eigenvalue weighted by atomic mass is 32.1. The topological polar surface area (TPSA) is 71.1 Å². The summed E-state index contributed by atoms with van der Waals surface area (Å²) in [6.07, 6.45) is 0.982. The molecule has 0 aliphatic rings. The number of anilines is 1. The number of thiazole rings is 1. The minimum atomic E-state index is -0.357. The van der Waals surface area contributed by atoms with E-state index < -0.39 is 0 Å². The van der Waals surface area contributed by atoms with E-state index in [0.717, 1.165) is 33.8 Å². The third-order valence-corrected chi connectivity index (χ3v) is 5.39. The summed E-state index contributed by atoms with van der Waals surface area (Å²) in [7, 11) is 0. The molecule has 0 fully saturated rings. The summed E-state index contributed by atoms with van der Waals surface area (Å²) >= 11 is 1.41. The van der Waals surface area contributed by atoms with Crippen LogP contribution in [0.5, 0.6) is 0 Å². The van der Waals surface area contributed by atoms with Crippen molar-refractivity contribution in [2.24, 2.45) is 0 Å². The molecule has 0 saturated carbocycles. The molecule has 0 unspecified atom stereocenters. The number of carbonyl (C=O) groups is 2. The monoisotopic (exact) mass is 393 g/mol. The largest absolute Gasteiger partial charge is 0.342 e.